The first-order valence-electron chi connectivity index (χ1n) is 8.36. The van der Waals surface area contributed by atoms with Gasteiger partial charge in [0.15, 0.2) is 0 Å². The number of aromatic hydroxyl groups is 1. The van der Waals surface area contributed by atoms with Crippen molar-refractivity contribution < 1.29 is 9.84 Å². The molecular weight excluding hydrogens is 306 g/mol. The third-order valence-electron chi connectivity index (χ3n) is 5.00. The van der Waals surface area contributed by atoms with Crippen LogP contribution in [0.5, 0.6) is 11.5 Å². The van der Waals surface area contributed by atoms with E-state index in [4.69, 9.17) is 4.74 Å². The summed E-state index contributed by atoms with van der Waals surface area (Å²) in [5.41, 5.74) is 3.32. The standard InChI is InChI=1S/C19H23NO2S/c1-12-16(21)7-14(8-17(12)22-2)19-9-15-11-20(10-13-3-4-13)6-5-18(15)23-19/h7-9,13,21H,3-6,10-11H2,1-2H3. The highest BCUT2D eigenvalue weighted by molar-refractivity contribution is 7.15. The number of hydrogen-bond acceptors (Lipinski definition) is 4. The van der Waals surface area contributed by atoms with Crippen LogP contribution in [0.2, 0.25) is 0 Å². The number of fused-ring (bicyclic) bond motifs is 1. The Balaban J connectivity index is 1.61. The van der Waals surface area contributed by atoms with E-state index < -0.39 is 0 Å². The third kappa shape index (κ3) is 2.98. The average molecular weight is 329 g/mol. The van der Waals surface area contributed by atoms with E-state index in [0.29, 0.717) is 5.75 Å². The lowest BCUT2D eigenvalue weighted by Crippen LogP contribution is -2.31. The minimum Gasteiger partial charge on any atom is -0.508 e. The normalized spacial score (nSPS) is 18.0. The summed E-state index contributed by atoms with van der Waals surface area (Å²) in [6.45, 7) is 5.42. The number of phenols is 1. The molecule has 2 aromatic rings. The molecule has 1 N–H and O–H groups in total. The molecule has 0 radical (unpaired) electrons. The van der Waals surface area contributed by atoms with Gasteiger partial charge >= 0.3 is 0 Å². The van der Waals surface area contributed by atoms with Crippen LogP contribution in [0.3, 0.4) is 0 Å². The highest BCUT2D eigenvalue weighted by Crippen LogP contribution is 2.40. The van der Waals surface area contributed by atoms with Crippen LogP contribution in [-0.2, 0) is 13.0 Å². The van der Waals surface area contributed by atoms with E-state index in [9.17, 15) is 5.11 Å². The molecule has 0 saturated heterocycles. The van der Waals surface area contributed by atoms with Crippen LogP contribution in [0.1, 0.15) is 28.8 Å². The number of methoxy groups -OCH3 is 1. The summed E-state index contributed by atoms with van der Waals surface area (Å²) in [6.07, 6.45) is 3.99. The van der Waals surface area contributed by atoms with Gasteiger partial charge in [0, 0.05) is 35.0 Å². The maximum absolute atomic E-state index is 10.1. The molecule has 0 amide bonds. The van der Waals surface area contributed by atoms with Crippen molar-refractivity contribution in [3.63, 3.8) is 0 Å². The molecule has 2 heterocycles. The molecule has 1 aromatic carbocycles. The van der Waals surface area contributed by atoms with E-state index in [-0.39, 0.29) is 0 Å². The lowest BCUT2D eigenvalue weighted by atomic mass is 10.1. The van der Waals surface area contributed by atoms with E-state index in [2.05, 4.69) is 11.0 Å². The second-order valence-electron chi connectivity index (χ2n) is 6.81. The van der Waals surface area contributed by atoms with Crippen molar-refractivity contribution in [3.8, 4) is 21.9 Å². The van der Waals surface area contributed by atoms with Crippen molar-refractivity contribution in [1.29, 1.82) is 0 Å². The summed E-state index contributed by atoms with van der Waals surface area (Å²) in [5, 5.41) is 10.1. The van der Waals surface area contributed by atoms with Gasteiger partial charge in [-0.15, -0.1) is 11.3 Å². The Kier molecular flexibility index (Phi) is 3.82. The molecule has 1 aromatic heterocycles. The van der Waals surface area contributed by atoms with Crippen LogP contribution < -0.4 is 4.74 Å². The van der Waals surface area contributed by atoms with Crippen LogP contribution in [0.15, 0.2) is 18.2 Å². The Morgan fingerprint density at radius 1 is 1.30 bits per heavy atom. The molecule has 4 heteroatoms. The van der Waals surface area contributed by atoms with Gasteiger partial charge < -0.3 is 9.84 Å². The van der Waals surface area contributed by atoms with Gasteiger partial charge in [0.2, 0.25) is 0 Å². The van der Waals surface area contributed by atoms with E-state index >= 15 is 0 Å². The van der Waals surface area contributed by atoms with E-state index in [1.807, 2.05) is 30.4 Å². The number of benzene rings is 1. The minimum absolute atomic E-state index is 0.307. The summed E-state index contributed by atoms with van der Waals surface area (Å²) in [7, 11) is 1.65. The lowest BCUT2D eigenvalue weighted by molar-refractivity contribution is 0.246. The quantitative estimate of drug-likeness (QED) is 0.912. The molecule has 1 saturated carbocycles. The highest BCUT2D eigenvalue weighted by Gasteiger charge is 2.27. The number of thiophene rings is 1. The zero-order valence-corrected chi connectivity index (χ0v) is 14.6. The van der Waals surface area contributed by atoms with Crippen molar-refractivity contribution in [2.24, 2.45) is 5.92 Å². The molecule has 1 aliphatic heterocycles. The second kappa shape index (κ2) is 5.84. The van der Waals surface area contributed by atoms with Gasteiger partial charge in [0.05, 0.1) is 7.11 Å². The third-order valence-corrected chi connectivity index (χ3v) is 6.28. The predicted molar refractivity (Wildman–Crippen MR) is 94.4 cm³/mol. The van der Waals surface area contributed by atoms with Crippen LogP contribution >= 0.6 is 11.3 Å². The molecular formula is C19H23NO2S. The van der Waals surface area contributed by atoms with Gasteiger partial charge in [-0.05, 0) is 61.4 Å². The maximum Gasteiger partial charge on any atom is 0.126 e. The van der Waals surface area contributed by atoms with E-state index in [1.165, 1.54) is 41.2 Å². The Bertz CT molecular complexity index is 733. The van der Waals surface area contributed by atoms with E-state index in [1.54, 1.807) is 7.11 Å². The fraction of sp³-hybridized carbons (Fsp3) is 0.474. The zero-order valence-electron chi connectivity index (χ0n) is 13.8. The highest BCUT2D eigenvalue weighted by atomic mass is 32.1. The summed E-state index contributed by atoms with van der Waals surface area (Å²) < 4.78 is 5.39. The molecule has 1 aliphatic carbocycles. The average Bonchev–Trinajstić information content (AvgIpc) is 3.25. The van der Waals surface area contributed by atoms with Crippen molar-refractivity contribution in [3.05, 3.63) is 34.2 Å². The topological polar surface area (TPSA) is 32.7 Å². The molecule has 0 spiro atoms. The van der Waals surface area contributed by atoms with Gasteiger partial charge in [-0.2, -0.15) is 0 Å². The van der Waals surface area contributed by atoms with Crippen molar-refractivity contribution in [2.45, 2.75) is 32.7 Å². The number of hydrogen-bond donors (Lipinski definition) is 1. The first-order valence-corrected chi connectivity index (χ1v) is 9.17. The molecule has 3 nitrogen and oxygen atoms in total. The Morgan fingerprint density at radius 3 is 2.87 bits per heavy atom. The first kappa shape index (κ1) is 15.0. The molecule has 23 heavy (non-hydrogen) atoms. The summed E-state index contributed by atoms with van der Waals surface area (Å²) in [6, 6.07) is 6.20. The van der Waals surface area contributed by atoms with Crippen LogP contribution in [-0.4, -0.2) is 30.2 Å². The summed E-state index contributed by atoms with van der Waals surface area (Å²) in [5.74, 6) is 2.01. The molecule has 0 unspecified atom stereocenters. The van der Waals surface area contributed by atoms with Crippen molar-refractivity contribution in [1.82, 2.24) is 4.90 Å². The SMILES string of the molecule is COc1cc(-c2cc3c(s2)CCN(CC2CC2)C3)cc(O)c1C. The molecule has 1 fully saturated rings. The van der Waals surface area contributed by atoms with Crippen LogP contribution in [0.25, 0.3) is 10.4 Å². The van der Waals surface area contributed by atoms with Crippen LogP contribution in [0, 0.1) is 12.8 Å². The van der Waals surface area contributed by atoms with Crippen LogP contribution in [0.4, 0.5) is 0 Å². The Morgan fingerprint density at radius 2 is 2.13 bits per heavy atom. The van der Waals surface area contributed by atoms with E-state index in [0.717, 1.165) is 35.8 Å². The predicted octanol–water partition coefficient (Wildman–Crippen LogP) is 4.21. The van der Waals surface area contributed by atoms with Gasteiger partial charge in [0.1, 0.15) is 11.5 Å². The summed E-state index contributed by atoms with van der Waals surface area (Å²) >= 11 is 1.87. The monoisotopic (exact) mass is 329 g/mol. The molecule has 122 valence electrons. The Hall–Kier alpha value is -1.52. The number of ether oxygens (including phenoxy) is 1. The first-order chi connectivity index (χ1) is 11.1. The lowest BCUT2D eigenvalue weighted by Gasteiger charge is -2.26. The Labute approximate surface area is 141 Å². The van der Waals surface area contributed by atoms with Gasteiger partial charge in [0.25, 0.3) is 0 Å². The van der Waals surface area contributed by atoms with Gasteiger partial charge in [-0.1, -0.05) is 0 Å². The zero-order chi connectivity index (χ0) is 16.0. The molecule has 4 rings (SSSR count). The number of phenolic OH excluding ortho intramolecular Hbond substituents is 1. The fourth-order valence-corrected chi connectivity index (χ4v) is 4.53. The van der Waals surface area contributed by atoms with Gasteiger partial charge in [-0.3, -0.25) is 4.90 Å². The fourth-order valence-electron chi connectivity index (χ4n) is 3.38. The number of nitrogens with zero attached hydrogens (tertiary/aromatic N) is 1. The summed E-state index contributed by atoms with van der Waals surface area (Å²) in [4.78, 5) is 5.34. The van der Waals surface area contributed by atoms with Crippen molar-refractivity contribution in [2.75, 3.05) is 20.2 Å². The second-order valence-corrected chi connectivity index (χ2v) is 7.95. The largest absolute Gasteiger partial charge is 0.508 e. The molecule has 2 aliphatic rings. The number of rotatable bonds is 4. The minimum atomic E-state index is 0.307. The smallest absolute Gasteiger partial charge is 0.126 e. The molecule has 0 atom stereocenters. The molecule has 0 bridgehead atoms. The van der Waals surface area contributed by atoms with Gasteiger partial charge in [-0.25, -0.2) is 0 Å². The van der Waals surface area contributed by atoms with Crippen molar-refractivity contribution >= 4 is 11.3 Å². The maximum atomic E-state index is 10.1.